The van der Waals surface area contributed by atoms with Gasteiger partial charge in [0.15, 0.2) is 5.60 Å². The van der Waals surface area contributed by atoms with Crippen LogP contribution < -0.4 is 23.8 Å². The number of ether oxygens (including phenoxy) is 4. The van der Waals surface area contributed by atoms with Crippen molar-refractivity contribution >= 4 is 22.5 Å². The minimum absolute atomic E-state index is 0.122. The van der Waals surface area contributed by atoms with Gasteiger partial charge in [0.2, 0.25) is 0 Å². The lowest BCUT2D eigenvalue weighted by atomic mass is 9.82. The standard InChI is InChI=1S/C34H35NO5/c1-33(2)19-29-30(38-6)18-28-27(32(29)39-33)17-21(20-36)26-15-16-34(40-31(26)28,23-9-13-25(37-5)14-10-23)22-7-11-24(12-8-22)35(3)4/h7-18,36H,19-20H2,1-6H3. The Morgan fingerprint density at radius 2 is 1.50 bits per heavy atom. The fourth-order valence-corrected chi connectivity index (χ4v) is 5.91. The molecule has 1 N–H and O–H groups in total. The molecule has 6 nitrogen and oxygen atoms in total. The maximum absolute atomic E-state index is 10.4. The fraction of sp³-hybridized carbons (Fsp3) is 0.294. The molecule has 0 aromatic heterocycles. The van der Waals surface area contributed by atoms with Crippen molar-refractivity contribution in [1.29, 1.82) is 0 Å². The van der Waals surface area contributed by atoms with Crippen molar-refractivity contribution in [2.45, 2.75) is 38.1 Å². The quantitative estimate of drug-likeness (QED) is 0.304. The molecule has 0 fully saturated rings. The molecular formula is C34H35NO5. The molecule has 1 unspecified atom stereocenters. The molecule has 206 valence electrons. The van der Waals surface area contributed by atoms with E-state index in [2.05, 4.69) is 55.2 Å². The number of fused-ring (bicyclic) bond motifs is 5. The third-order valence-corrected chi connectivity index (χ3v) is 7.99. The van der Waals surface area contributed by atoms with Crippen LogP contribution in [0.5, 0.6) is 23.0 Å². The van der Waals surface area contributed by atoms with Gasteiger partial charge < -0.3 is 29.0 Å². The second kappa shape index (κ2) is 9.49. The van der Waals surface area contributed by atoms with Crippen LogP contribution in [0.3, 0.4) is 0 Å². The van der Waals surface area contributed by atoms with Gasteiger partial charge in [0.1, 0.15) is 28.6 Å². The summed E-state index contributed by atoms with van der Waals surface area (Å²) in [5.74, 6) is 3.03. The highest BCUT2D eigenvalue weighted by atomic mass is 16.5. The van der Waals surface area contributed by atoms with Gasteiger partial charge in [0.25, 0.3) is 0 Å². The lowest BCUT2D eigenvalue weighted by Gasteiger charge is -2.37. The maximum atomic E-state index is 10.4. The van der Waals surface area contributed by atoms with Crippen molar-refractivity contribution in [1.82, 2.24) is 0 Å². The van der Waals surface area contributed by atoms with E-state index >= 15 is 0 Å². The smallest absolute Gasteiger partial charge is 0.178 e. The minimum Gasteiger partial charge on any atom is -0.497 e. The Labute approximate surface area is 235 Å². The van der Waals surface area contributed by atoms with Crippen LogP contribution in [-0.4, -0.2) is 39.0 Å². The molecule has 2 aliphatic rings. The first-order chi connectivity index (χ1) is 19.2. The Kier molecular flexibility index (Phi) is 6.19. The van der Waals surface area contributed by atoms with Gasteiger partial charge in [-0.3, -0.25) is 0 Å². The normalized spacial score (nSPS) is 18.5. The van der Waals surface area contributed by atoms with E-state index in [4.69, 9.17) is 18.9 Å². The van der Waals surface area contributed by atoms with E-state index in [1.165, 1.54) is 0 Å². The Balaban J connectivity index is 1.61. The molecule has 40 heavy (non-hydrogen) atoms. The zero-order valence-electron chi connectivity index (χ0n) is 23.9. The summed E-state index contributed by atoms with van der Waals surface area (Å²) >= 11 is 0. The van der Waals surface area contributed by atoms with Crippen LogP contribution in [0.15, 0.2) is 66.7 Å². The molecule has 0 bridgehead atoms. The van der Waals surface area contributed by atoms with Crippen LogP contribution >= 0.6 is 0 Å². The van der Waals surface area contributed by atoms with Gasteiger partial charge in [-0.05, 0) is 61.9 Å². The van der Waals surface area contributed by atoms with Crippen molar-refractivity contribution in [2.75, 3.05) is 33.2 Å². The molecule has 0 saturated heterocycles. The maximum Gasteiger partial charge on any atom is 0.178 e. The number of hydrogen-bond donors (Lipinski definition) is 1. The molecule has 4 aromatic rings. The summed E-state index contributed by atoms with van der Waals surface area (Å²) in [5.41, 5.74) is 4.43. The predicted molar refractivity (Wildman–Crippen MR) is 159 cm³/mol. The van der Waals surface area contributed by atoms with Gasteiger partial charge in [-0.25, -0.2) is 0 Å². The van der Waals surface area contributed by atoms with Crippen molar-refractivity contribution < 1.29 is 24.1 Å². The monoisotopic (exact) mass is 537 g/mol. The van der Waals surface area contributed by atoms with E-state index in [0.717, 1.165) is 67.9 Å². The number of benzene rings is 4. The second-order valence-electron chi connectivity index (χ2n) is 11.3. The minimum atomic E-state index is -0.919. The number of rotatable bonds is 6. The molecule has 2 aliphatic heterocycles. The van der Waals surface area contributed by atoms with E-state index in [9.17, 15) is 5.11 Å². The fourth-order valence-electron chi connectivity index (χ4n) is 5.91. The third kappa shape index (κ3) is 4.06. The van der Waals surface area contributed by atoms with Crippen LogP contribution in [0.2, 0.25) is 0 Å². The van der Waals surface area contributed by atoms with E-state index in [0.29, 0.717) is 5.75 Å². The van der Waals surface area contributed by atoms with Crippen molar-refractivity contribution in [2.24, 2.45) is 0 Å². The third-order valence-electron chi connectivity index (χ3n) is 7.99. The Morgan fingerprint density at radius 1 is 0.850 bits per heavy atom. The molecule has 0 spiro atoms. The number of nitrogens with zero attached hydrogens (tertiary/aromatic N) is 1. The largest absolute Gasteiger partial charge is 0.497 e. The van der Waals surface area contributed by atoms with Crippen LogP contribution in [-0.2, 0) is 18.6 Å². The Hall–Kier alpha value is -4.16. The van der Waals surface area contributed by atoms with Gasteiger partial charge >= 0.3 is 0 Å². The molecule has 2 heterocycles. The van der Waals surface area contributed by atoms with E-state index < -0.39 is 5.60 Å². The van der Waals surface area contributed by atoms with Gasteiger partial charge in [0, 0.05) is 59.2 Å². The number of aliphatic hydroxyl groups excluding tert-OH is 1. The highest BCUT2D eigenvalue weighted by Gasteiger charge is 2.40. The van der Waals surface area contributed by atoms with E-state index in [1.807, 2.05) is 50.5 Å². The van der Waals surface area contributed by atoms with Gasteiger partial charge in [-0.15, -0.1) is 0 Å². The molecule has 4 aromatic carbocycles. The molecule has 0 saturated carbocycles. The van der Waals surface area contributed by atoms with Crippen molar-refractivity contribution in [3.63, 3.8) is 0 Å². The molecule has 6 heteroatoms. The Morgan fingerprint density at radius 3 is 2.10 bits per heavy atom. The molecular weight excluding hydrogens is 502 g/mol. The van der Waals surface area contributed by atoms with Crippen LogP contribution in [0.4, 0.5) is 5.69 Å². The highest BCUT2D eigenvalue weighted by molar-refractivity contribution is 6.00. The topological polar surface area (TPSA) is 60.4 Å². The average molecular weight is 538 g/mol. The Bertz CT molecular complexity index is 1620. The zero-order valence-corrected chi connectivity index (χ0v) is 23.9. The van der Waals surface area contributed by atoms with E-state index in [-0.39, 0.29) is 12.2 Å². The lowest BCUT2D eigenvalue weighted by Crippen LogP contribution is -2.34. The second-order valence-corrected chi connectivity index (χ2v) is 11.3. The SMILES string of the molecule is COc1ccc(C2(c3ccc(N(C)C)cc3)C=Cc3c(CO)cc4c5c(c(OC)cc4c3O2)CC(C)(C)O5)cc1. The summed E-state index contributed by atoms with van der Waals surface area (Å²) in [6.45, 7) is 4.03. The van der Waals surface area contributed by atoms with Gasteiger partial charge in [-0.2, -0.15) is 0 Å². The first kappa shape index (κ1) is 26.1. The molecule has 0 amide bonds. The summed E-state index contributed by atoms with van der Waals surface area (Å²) in [6.07, 6.45) is 4.89. The summed E-state index contributed by atoms with van der Waals surface area (Å²) in [4.78, 5) is 2.08. The van der Waals surface area contributed by atoms with Gasteiger partial charge in [0.05, 0.1) is 20.8 Å². The average Bonchev–Trinajstić information content (AvgIpc) is 3.31. The van der Waals surface area contributed by atoms with Crippen molar-refractivity contribution in [3.8, 4) is 23.0 Å². The first-order valence-electron chi connectivity index (χ1n) is 13.5. The first-order valence-corrected chi connectivity index (χ1v) is 13.5. The highest BCUT2D eigenvalue weighted by Crippen LogP contribution is 2.52. The van der Waals surface area contributed by atoms with Crippen LogP contribution in [0.25, 0.3) is 16.8 Å². The number of methoxy groups -OCH3 is 2. The lowest BCUT2D eigenvalue weighted by molar-refractivity contribution is 0.140. The molecule has 0 aliphatic carbocycles. The van der Waals surface area contributed by atoms with Crippen molar-refractivity contribution in [3.05, 3.63) is 94.6 Å². The number of anilines is 1. The zero-order chi connectivity index (χ0) is 28.2. The molecule has 1 atom stereocenters. The van der Waals surface area contributed by atoms with Gasteiger partial charge in [-0.1, -0.05) is 30.3 Å². The van der Waals surface area contributed by atoms with Crippen LogP contribution in [0, 0.1) is 0 Å². The van der Waals surface area contributed by atoms with E-state index in [1.54, 1.807) is 14.2 Å². The van der Waals surface area contributed by atoms with Crippen LogP contribution in [0.1, 0.15) is 41.7 Å². The molecule has 0 radical (unpaired) electrons. The summed E-state index contributed by atoms with van der Waals surface area (Å²) in [6, 6.07) is 20.5. The predicted octanol–water partition coefficient (Wildman–Crippen LogP) is 6.48. The summed E-state index contributed by atoms with van der Waals surface area (Å²) < 4.78 is 25.0. The summed E-state index contributed by atoms with van der Waals surface area (Å²) in [5, 5.41) is 12.2. The molecule has 6 rings (SSSR count). The summed E-state index contributed by atoms with van der Waals surface area (Å²) in [7, 11) is 7.41. The number of aliphatic hydroxyl groups is 1. The number of hydrogen-bond acceptors (Lipinski definition) is 6.